The topological polar surface area (TPSA) is 66.9 Å². The highest BCUT2D eigenvalue weighted by molar-refractivity contribution is 7.22. The minimum atomic E-state index is -0.102. The Morgan fingerprint density at radius 3 is 2.53 bits per heavy atom. The van der Waals surface area contributed by atoms with E-state index >= 15 is 0 Å². The molecule has 1 aliphatic rings. The average Bonchev–Trinajstić information content (AvgIpc) is 3.24. The third kappa shape index (κ3) is 4.34. The van der Waals surface area contributed by atoms with Gasteiger partial charge in [-0.3, -0.25) is 9.69 Å². The zero-order valence-electron chi connectivity index (χ0n) is 17.3. The normalized spacial score (nSPS) is 14.7. The van der Waals surface area contributed by atoms with Crippen LogP contribution in [0.5, 0.6) is 11.5 Å². The van der Waals surface area contributed by atoms with E-state index in [0.717, 1.165) is 53.8 Å². The fourth-order valence-electron chi connectivity index (χ4n) is 3.63. The fraction of sp³-hybridized carbons (Fsp3) is 0.364. The van der Waals surface area contributed by atoms with Crippen molar-refractivity contribution in [2.24, 2.45) is 0 Å². The lowest BCUT2D eigenvalue weighted by molar-refractivity contribution is 0.0944. The number of nitrogens with zero attached hydrogens (tertiary/aromatic N) is 3. The number of carbonyl (C=O) groups excluding carboxylic acids is 1. The van der Waals surface area contributed by atoms with E-state index in [1.807, 2.05) is 24.3 Å². The first-order valence-corrected chi connectivity index (χ1v) is 10.8. The second-order valence-corrected chi connectivity index (χ2v) is 8.10. The van der Waals surface area contributed by atoms with Crippen molar-refractivity contribution in [3.05, 3.63) is 48.0 Å². The third-order valence-electron chi connectivity index (χ3n) is 5.30. The molecule has 1 fully saturated rings. The monoisotopic (exact) mass is 426 g/mol. The Balaban J connectivity index is 1.27. The Morgan fingerprint density at radius 2 is 1.77 bits per heavy atom. The number of methoxy groups -OCH3 is 2. The van der Waals surface area contributed by atoms with Crippen molar-refractivity contribution in [2.75, 3.05) is 58.4 Å². The number of thiazole rings is 1. The summed E-state index contributed by atoms with van der Waals surface area (Å²) in [5, 5.41) is 4.04. The maximum atomic E-state index is 12.4. The van der Waals surface area contributed by atoms with Gasteiger partial charge in [-0.2, -0.15) is 0 Å². The highest BCUT2D eigenvalue weighted by Gasteiger charge is 2.21. The minimum absolute atomic E-state index is 0.102. The fourth-order valence-corrected chi connectivity index (χ4v) is 4.66. The molecule has 2 aromatic carbocycles. The van der Waals surface area contributed by atoms with E-state index in [1.165, 1.54) is 0 Å². The van der Waals surface area contributed by atoms with Gasteiger partial charge in [-0.05, 0) is 24.3 Å². The molecule has 3 aromatic rings. The van der Waals surface area contributed by atoms with Crippen LogP contribution >= 0.6 is 11.3 Å². The zero-order valence-corrected chi connectivity index (χ0v) is 18.1. The molecule has 7 nitrogen and oxygen atoms in total. The van der Waals surface area contributed by atoms with Crippen LogP contribution in [0, 0.1) is 0 Å². The van der Waals surface area contributed by atoms with Crippen LogP contribution in [0.1, 0.15) is 10.4 Å². The third-order valence-corrected chi connectivity index (χ3v) is 6.38. The molecule has 0 bridgehead atoms. The minimum Gasteiger partial charge on any atom is -0.496 e. The lowest BCUT2D eigenvalue weighted by atomic mass is 10.2. The SMILES string of the molecule is COc1ccccc1C(=O)NCCN1CCN(c2nc3c(OC)cccc3s2)CC1. The first-order chi connectivity index (χ1) is 14.7. The summed E-state index contributed by atoms with van der Waals surface area (Å²) in [5.41, 5.74) is 1.50. The summed E-state index contributed by atoms with van der Waals surface area (Å²) in [6.07, 6.45) is 0. The summed E-state index contributed by atoms with van der Waals surface area (Å²) < 4.78 is 11.8. The van der Waals surface area contributed by atoms with Gasteiger partial charge in [-0.1, -0.05) is 29.5 Å². The van der Waals surface area contributed by atoms with Crippen molar-refractivity contribution in [1.82, 2.24) is 15.2 Å². The van der Waals surface area contributed by atoms with Crippen molar-refractivity contribution in [3.63, 3.8) is 0 Å². The van der Waals surface area contributed by atoms with Gasteiger partial charge >= 0.3 is 0 Å². The highest BCUT2D eigenvalue weighted by Crippen LogP contribution is 2.34. The predicted molar refractivity (Wildman–Crippen MR) is 120 cm³/mol. The van der Waals surface area contributed by atoms with Crippen molar-refractivity contribution in [2.45, 2.75) is 0 Å². The number of nitrogens with one attached hydrogen (secondary N) is 1. The molecule has 1 aromatic heterocycles. The number of aromatic nitrogens is 1. The van der Waals surface area contributed by atoms with Gasteiger partial charge in [0.1, 0.15) is 17.0 Å². The second kappa shape index (κ2) is 9.32. The number of benzene rings is 2. The number of rotatable bonds is 7. The molecule has 158 valence electrons. The summed E-state index contributed by atoms with van der Waals surface area (Å²) in [4.78, 5) is 21.9. The molecule has 4 rings (SSSR count). The molecule has 0 aliphatic carbocycles. The molecule has 30 heavy (non-hydrogen) atoms. The van der Waals surface area contributed by atoms with E-state index in [0.29, 0.717) is 17.9 Å². The second-order valence-electron chi connectivity index (χ2n) is 7.09. The summed E-state index contributed by atoms with van der Waals surface area (Å²) >= 11 is 1.70. The van der Waals surface area contributed by atoms with Crippen LogP contribution in [0.2, 0.25) is 0 Å². The lowest BCUT2D eigenvalue weighted by Gasteiger charge is -2.34. The summed E-state index contributed by atoms with van der Waals surface area (Å²) in [6, 6.07) is 13.3. The molecule has 2 heterocycles. The van der Waals surface area contributed by atoms with Crippen molar-refractivity contribution in [3.8, 4) is 11.5 Å². The van der Waals surface area contributed by atoms with Crippen LogP contribution < -0.4 is 19.7 Å². The summed E-state index contributed by atoms with van der Waals surface area (Å²) in [5.74, 6) is 1.31. The standard InChI is InChI=1S/C22H26N4O3S/c1-28-17-7-4-3-6-16(17)21(27)23-10-11-25-12-14-26(15-13-25)22-24-20-18(29-2)8-5-9-19(20)30-22/h3-9H,10-15H2,1-2H3,(H,23,27). The summed E-state index contributed by atoms with van der Waals surface area (Å²) in [6.45, 7) is 5.15. The number of anilines is 1. The largest absolute Gasteiger partial charge is 0.496 e. The molecule has 0 atom stereocenters. The molecule has 8 heteroatoms. The number of para-hydroxylation sites is 2. The molecule has 1 N–H and O–H groups in total. The number of fused-ring (bicyclic) bond motifs is 1. The maximum absolute atomic E-state index is 12.4. The van der Waals surface area contributed by atoms with Crippen LogP contribution in [-0.2, 0) is 0 Å². The lowest BCUT2D eigenvalue weighted by Crippen LogP contribution is -2.48. The number of carbonyl (C=O) groups is 1. The Hall–Kier alpha value is -2.84. The molecular weight excluding hydrogens is 400 g/mol. The zero-order chi connectivity index (χ0) is 20.9. The first-order valence-electron chi connectivity index (χ1n) is 10.0. The van der Waals surface area contributed by atoms with Gasteiger partial charge in [-0.15, -0.1) is 0 Å². The molecule has 0 spiro atoms. The van der Waals surface area contributed by atoms with Gasteiger partial charge in [0.05, 0.1) is 24.5 Å². The van der Waals surface area contributed by atoms with Gasteiger partial charge in [0.2, 0.25) is 0 Å². The number of piperazine rings is 1. The Bertz CT molecular complexity index is 1010. The van der Waals surface area contributed by atoms with Crippen LogP contribution in [0.15, 0.2) is 42.5 Å². The van der Waals surface area contributed by atoms with E-state index in [-0.39, 0.29) is 5.91 Å². The van der Waals surface area contributed by atoms with Gasteiger partial charge in [0.15, 0.2) is 5.13 Å². The van der Waals surface area contributed by atoms with E-state index in [2.05, 4.69) is 21.2 Å². The van der Waals surface area contributed by atoms with Crippen molar-refractivity contribution in [1.29, 1.82) is 0 Å². The van der Waals surface area contributed by atoms with Crippen LogP contribution in [0.25, 0.3) is 10.2 Å². The summed E-state index contributed by atoms with van der Waals surface area (Å²) in [7, 11) is 3.26. The van der Waals surface area contributed by atoms with Crippen molar-refractivity contribution >= 4 is 32.6 Å². The predicted octanol–water partition coefficient (Wildman–Crippen LogP) is 2.87. The molecule has 0 unspecified atom stereocenters. The van der Waals surface area contributed by atoms with Gasteiger partial charge in [-0.25, -0.2) is 4.98 Å². The Morgan fingerprint density at radius 1 is 1.03 bits per heavy atom. The van der Waals surface area contributed by atoms with Crippen LogP contribution in [-0.4, -0.2) is 69.3 Å². The first kappa shape index (κ1) is 20.4. The van der Waals surface area contributed by atoms with E-state index in [4.69, 9.17) is 14.5 Å². The Kier molecular flexibility index (Phi) is 6.35. The van der Waals surface area contributed by atoms with Gasteiger partial charge < -0.3 is 19.7 Å². The molecule has 1 aliphatic heterocycles. The average molecular weight is 427 g/mol. The highest BCUT2D eigenvalue weighted by atomic mass is 32.1. The molecule has 1 amide bonds. The van der Waals surface area contributed by atoms with Gasteiger partial charge in [0.25, 0.3) is 5.91 Å². The quantitative estimate of drug-likeness (QED) is 0.627. The molecule has 0 radical (unpaired) electrons. The van der Waals surface area contributed by atoms with Gasteiger partial charge in [0, 0.05) is 39.3 Å². The molecular formula is C22H26N4O3S. The molecule has 0 saturated carbocycles. The number of hydrogen-bond acceptors (Lipinski definition) is 7. The Labute approximate surface area is 180 Å². The molecule has 1 saturated heterocycles. The van der Waals surface area contributed by atoms with Crippen LogP contribution in [0.4, 0.5) is 5.13 Å². The van der Waals surface area contributed by atoms with Crippen molar-refractivity contribution < 1.29 is 14.3 Å². The maximum Gasteiger partial charge on any atom is 0.255 e. The number of hydrogen-bond donors (Lipinski definition) is 1. The van der Waals surface area contributed by atoms with Crippen LogP contribution in [0.3, 0.4) is 0 Å². The van der Waals surface area contributed by atoms with E-state index in [1.54, 1.807) is 37.7 Å². The van der Waals surface area contributed by atoms with E-state index < -0.39 is 0 Å². The van der Waals surface area contributed by atoms with E-state index in [9.17, 15) is 4.79 Å². The number of amides is 1. The number of ether oxygens (including phenoxy) is 2. The smallest absolute Gasteiger partial charge is 0.255 e.